The molecule has 1 amide bonds. The van der Waals surface area contributed by atoms with Gasteiger partial charge in [-0.05, 0) is 57.1 Å². The van der Waals surface area contributed by atoms with Crippen LogP contribution in [0.4, 0.5) is 15.0 Å². The third-order valence-corrected chi connectivity index (χ3v) is 2.56. The number of amides is 1. The van der Waals surface area contributed by atoms with Crippen LogP contribution < -0.4 is 16.2 Å². The number of ether oxygens (including phenoxy) is 1. The van der Waals surface area contributed by atoms with Gasteiger partial charge in [0.25, 0.3) is 0 Å². The SMILES string of the molecule is CC(C)(C)OC(=O)NCCc1ccc(NC(=S)NF)cc1. The minimum absolute atomic E-state index is 0.0886. The van der Waals surface area contributed by atoms with Crippen molar-refractivity contribution in [3.05, 3.63) is 29.8 Å². The summed E-state index contributed by atoms with van der Waals surface area (Å²) in [6.45, 7) is 5.92. The highest BCUT2D eigenvalue weighted by Crippen LogP contribution is 2.10. The molecule has 0 saturated carbocycles. The summed E-state index contributed by atoms with van der Waals surface area (Å²) in [6.07, 6.45) is 0.242. The molecule has 0 spiro atoms. The van der Waals surface area contributed by atoms with Crippen molar-refractivity contribution in [3.63, 3.8) is 0 Å². The average Bonchev–Trinajstić information content (AvgIpc) is 2.38. The molecular formula is C14H20FN3O2S. The molecule has 5 nitrogen and oxygen atoms in total. The minimum atomic E-state index is -0.500. The quantitative estimate of drug-likeness (QED) is 0.589. The Morgan fingerprint density at radius 1 is 1.29 bits per heavy atom. The van der Waals surface area contributed by atoms with E-state index in [-0.39, 0.29) is 5.11 Å². The van der Waals surface area contributed by atoms with Gasteiger partial charge in [0.15, 0.2) is 5.11 Å². The topological polar surface area (TPSA) is 62.4 Å². The van der Waals surface area contributed by atoms with Crippen LogP contribution in [0, 0.1) is 0 Å². The van der Waals surface area contributed by atoms with E-state index >= 15 is 0 Å². The minimum Gasteiger partial charge on any atom is -0.444 e. The Hall–Kier alpha value is -1.89. The fourth-order valence-corrected chi connectivity index (χ4v) is 1.65. The number of anilines is 1. The third-order valence-electron chi connectivity index (χ3n) is 2.38. The smallest absolute Gasteiger partial charge is 0.407 e. The van der Waals surface area contributed by atoms with Gasteiger partial charge in [-0.25, -0.2) is 4.79 Å². The van der Waals surface area contributed by atoms with Crippen molar-refractivity contribution >= 4 is 29.1 Å². The molecule has 0 radical (unpaired) electrons. The van der Waals surface area contributed by atoms with Crippen LogP contribution in [0.25, 0.3) is 0 Å². The van der Waals surface area contributed by atoms with Crippen molar-refractivity contribution in [3.8, 4) is 0 Å². The number of carbonyl (C=O) groups excluding carboxylic acids is 1. The maximum atomic E-state index is 12.0. The Bertz CT molecular complexity index is 486. The van der Waals surface area contributed by atoms with Crippen molar-refractivity contribution in [2.24, 2.45) is 0 Å². The van der Waals surface area contributed by atoms with Gasteiger partial charge >= 0.3 is 6.09 Å². The summed E-state index contributed by atoms with van der Waals surface area (Å²) in [6, 6.07) is 7.32. The number of benzene rings is 1. The molecule has 0 aliphatic heterocycles. The standard InChI is InChI=1S/C14H20FN3O2S/c1-14(2,3)20-13(19)16-9-8-10-4-6-11(7-5-10)17-12(21)18-15/h4-7H,8-9H2,1-3H3,(H,16,19)(H2,17,18,21). The predicted molar refractivity (Wildman–Crippen MR) is 84.8 cm³/mol. The number of hydrogen-bond donors (Lipinski definition) is 3. The largest absolute Gasteiger partial charge is 0.444 e. The summed E-state index contributed by atoms with van der Waals surface area (Å²) >= 11 is 4.65. The molecule has 0 aliphatic carbocycles. The Balaban J connectivity index is 2.36. The van der Waals surface area contributed by atoms with E-state index in [9.17, 15) is 9.28 Å². The van der Waals surface area contributed by atoms with E-state index in [1.807, 2.05) is 32.9 Å². The monoisotopic (exact) mass is 313 g/mol. The van der Waals surface area contributed by atoms with Gasteiger partial charge in [0.1, 0.15) is 5.60 Å². The van der Waals surface area contributed by atoms with Crippen LogP contribution >= 0.6 is 12.2 Å². The summed E-state index contributed by atoms with van der Waals surface area (Å²) in [5.74, 6) is 0. The van der Waals surface area contributed by atoms with Gasteiger partial charge in [-0.3, -0.25) is 0 Å². The fourth-order valence-electron chi connectivity index (χ4n) is 1.53. The van der Waals surface area contributed by atoms with Crippen LogP contribution in [0.15, 0.2) is 24.3 Å². The molecule has 1 aromatic rings. The number of nitrogens with one attached hydrogen (secondary N) is 3. The number of rotatable bonds is 4. The zero-order valence-corrected chi connectivity index (χ0v) is 13.1. The number of alkyl carbamates (subject to hydrolysis) is 1. The Kier molecular flexibility index (Phi) is 6.36. The van der Waals surface area contributed by atoms with Crippen LogP contribution in [0.2, 0.25) is 0 Å². The molecule has 1 rings (SSSR count). The van der Waals surface area contributed by atoms with Crippen LogP contribution in [0.5, 0.6) is 0 Å². The molecule has 0 aromatic heterocycles. The van der Waals surface area contributed by atoms with Crippen molar-refractivity contribution in [1.29, 1.82) is 0 Å². The second-order valence-electron chi connectivity index (χ2n) is 5.42. The molecule has 0 atom stereocenters. The van der Waals surface area contributed by atoms with Gasteiger partial charge < -0.3 is 15.4 Å². The third kappa shape index (κ3) is 7.45. The number of thiocarbonyl (C=S) groups is 1. The van der Waals surface area contributed by atoms with Crippen LogP contribution in [0.3, 0.4) is 0 Å². The first-order valence-corrected chi connectivity index (χ1v) is 6.94. The lowest BCUT2D eigenvalue weighted by Crippen LogP contribution is -2.33. The molecule has 7 heteroatoms. The van der Waals surface area contributed by atoms with Gasteiger partial charge in [-0.15, -0.1) is 4.48 Å². The molecule has 0 unspecified atom stereocenters. The summed E-state index contributed by atoms with van der Waals surface area (Å²) in [5, 5.41) is 5.27. The molecule has 116 valence electrons. The van der Waals surface area contributed by atoms with E-state index in [1.54, 1.807) is 12.1 Å². The van der Waals surface area contributed by atoms with Gasteiger partial charge in [-0.1, -0.05) is 12.1 Å². The van der Waals surface area contributed by atoms with Crippen LogP contribution in [-0.2, 0) is 11.2 Å². The summed E-state index contributed by atoms with van der Waals surface area (Å²) in [7, 11) is 0. The van der Waals surface area contributed by atoms with Crippen molar-refractivity contribution < 1.29 is 14.0 Å². The van der Waals surface area contributed by atoms with Crippen molar-refractivity contribution in [2.75, 3.05) is 11.9 Å². The lowest BCUT2D eigenvalue weighted by atomic mass is 10.1. The Labute approximate surface area is 129 Å². The van der Waals surface area contributed by atoms with Gasteiger partial charge in [0, 0.05) is 12.2 Å². The van der Waals surface area contributed by atoms with Crippen molar-refractivity contribution in [1.82, 2.24) is 10.9 Å². The normalized spacial score (nSPS) is 10.7. The molecule has 21 heavy (non-hydrogen) atoms. The first kappa shape index (κ1) is 17.2. The van der Waals surface area contributed by atoms with E-state index in [2.05, 4.69) is 22.9 Å². The van der Waals surface area contributed by atoms with Crippen molar-refractivity contribution in [2.45, 2.75) is 32.8 Å². The highest BCUT2D eigenvalue weighted by Gasteiger charge is 2.15. The molecule has 0 saturated heterocycles. The lowest BCUT2D eigenvalue weighted by Gasteiger charge is -2.19. The molecule has 1 aromatic carbocycles. The van der Waals surface area contributed by atoms with Gasteiger partial charge in [-0.2, -0.15) is 5.54 Å². The number of hydrogen-bond acceptors (Lipinski definition) is 3. The van der Waals surface area contributed by atoms with E-state index < -0.39 is 11.7 Å². The summed E-state index contributed by atoms with van der Waals surface area (Å²) in [5.41, 5.74) is 2.58. The van der Waals surface area contributed by atoms with E-state index in [0.717, 1.165) is 5.56 Å². The van der Waals surface area contributed by atoms with Crippen LogP contribution in [-0.4, -0.2) is 23.4 Å². The highest BCUT2D eigenvalue weighted by molar-refractivity contribution is 7.80. The summed E-state index contributed by atoms with van der Waals surface area (Å²) < 4.78 is 17.1. The first-order chi connectivity index (χ1) is 9.80. The zero-order valence-electron chi connectivity index (χ0n) is 12.3. The highest BCUT2D eigenvalue weighted by atomic mass is 32.1. The van der Waals surface area contributed by atoms with Gasteiger partial charge in [0.05, 0.1) is 0 Å². The lowest BCUT2D eigenvalue weighted by molar-refractivity contribution is 0.0528. The van der Waals surface area contributed by atoms with Gasteiger partial charge in [0.2, 0.25) is 0 Å². The average molecular weight is 313 g/mol. The van der Waals surface area contributed by atoms with Crippen LogP contribution in [0.1, 0.15) is 26.3 Å². The maximum Gasteiger partial charge on any atom is 0.407 e. The zero-order chi connectivity index (χ0) is 15.9. The summed E-state index contributed by atoms with van der Waals surface area (Å²) in [4.78, 5) is 11.5. The predicted octanol–water partition coefficient (Wildman–Crippen LogP) is 2.92. The molecule has 0 bridgehead atoms. The Morgan fingerprint density at radius 3 is 2.43 bits per heavy atom. The number of carbonyl (C=O) groups is 1. The number of halogens is 1. The maximum absolute atomic E-state index is 12.0. The first-order valence-electron chi connectivity index (χ1n) is 6.53. The molecule has 3 N–H and O–H groups in total. The van der Waals surface area contributed by atoms with E-state index in [0.29, 0.717) is 18.7 Å². The fraction of sp³-hybridized carbons (Fsp3) is 0.429. The molecule has 0 aliphatic rings. The van der Waals surface area contributed by atoms with E-state index in [1.165, 1.54) is 5.54 Å². The molecule has 0 fully saturated rings. The van der Waals surface area contributed by atoms with E-state index in [4.69, 9.17) is 4.74 Å². The Morgan fingerprint density at radius 2 is 1.90 bits per heavy atom. The second-order valence-corrected chi connectivity index (χ2v) is 5.83. The second kappa shape index (κ2) is 7.78. The molecule has 0 heterocycles. The molecular weight excluding hydrogens is 293 g/mol.